The van der Waals surface area contributed by atoms with Crippen molar-refractivity contribution in [3.05, 3.63) is 54.1 Å². The Balaban J connectivity index is 1.57. The van der Waals surface area contributed by atoms with Crippen molar-refractivity contribution >= 4 is 11.8 Å². The molecule has 0 saturated heterocycles. The van der Waals surface area contributed by atoms with Gasteiger partial charge in [0.05, 0.1) is 13.2 Å². The number of aromatic nitrogens is 3. The van der Waals surface area contributed by atoms with Crippen LogP contribution in [0.4, 0.5) is 13.2 Å². The van der Waals surface area contributed by atoms with Gasteiger partial charge in [0.2, 0.25) is 5.16 Å². The van der Waals surface area contributed by atoms with Crippen LogP contribution in [0.3, 0.4) is 0 Å². The number of alkyl halides is 3. The van der Waals surface area contributed by atoms with Crippen molar-refractivity contribution in [1.29, 1.82) is 0 Å². The van der Waals surface area contributed by atoms with E-state index in [-0.39, 0.29) is 11.5 Å². The second-order valence-electron chi connectivity index (χ2n) is 5.64. The molecule has 3 rings (SSSR count). The van der Waals surface area contributed by atoms with Crippen LogP contribution in [0.25, 0.3) is 11.4 Å². The van der Waals surface area contributed by atoms with Gasteiger partial charge in [-0.15, -0.1) is 18.3 Å². The third kappa shape index (κ3) is 5.40. The normalized spacial score (nSPS) is 12.6. The molecule has 0 aliphatic carbocycles. The summed E-state index contributed by atoms with van der Waals surface area (Å²) in [6.07, 6.45) is -5.64. The lowest BCUT2D eigenvalue weighted by molar-refractivity contribution is -0.274. The SMILES string of the molecule is COc1ccc(-c2nc(SCC(O)c3ccc(OC(F)(F)F)cc3)n[nH]2)cc1. The van der Waals surface area contributed by atoms with E-state index in [4.69, 9.17) is 4.74 Å². The fourth-order valence-corrected chi connectivity index (χ4v) is 3.10. The van der Waals surface area contributed by atoms with E-state index in [0.29, 0.717) is 16.5 Å². The highest BCUT2D eigenvalue weighted by Crippen LogP contribution is 2.27. The molecule has 1 heterocycles. The van der Waals surface area contributed by atoms with Crippen LogP contribution in [0.1, 0.15) is 11.7 Å². The molecule has 0 amide bonds. The van der Waals surface area contributed by atoms with Gasteiger partial charge >= 0.3 is 6.36 Å². The molecule has 10 heteroatoms. The Labute approximate surface area is 162 Å². The molecule has 148 valence electrons. The lowest BCUT2D eigenvalue weighted by Crippen LogP contribution is -2.17. The number of aliphatic hydroxyl groups excluding tert-OH is 1. The van der Waals surface area contributed by atoms with Gasteiger partial charge in [-0.05, 0) is 42.0 Å². The smallest absolute Gasteiger partial charge is 0.497 e. The summed E-state index contributed by atoms with van der Waals surface area (Å²) >= 11 is 1.22. The number of aliphatic hydroxyl groups is 1. The van der Waals surface area contributed by atoms with Crippen molar-refractivity contribution in [2.45, 2.75) is 17.6 Å². The van der Waals surface area contributed by atoms with Crippen LogP contribution < -0.4 is 9.47 Å². The molecule has 0 aliphatic rings. The van der Waals surface area contributed by atoms with Crippen LogP contribution in [0.15, 0.2) is 53.7 Å². The Hall–Kier alpha value is -2.72. The second kappa shape index (κ2) is 8.53. The molecule has 2 aromatic carbocycles. The first-order valence-electron chi connectivity index (χ1n) is 8.07. The third-order valence-electron chi connectivity index (χ3n) is 3.70. The first kappa shape index (κ1) is 20.0. The Morgan fingerprint density at radius 3 is 2.32 bits per heavy atom. The number of hydrogen-bond acceptors (Lipinski definition) is 6. The van der Waals surface area contributed by atoms with Crippen molar-refractivity contribution in [3.63, 3.8) is 0 Å². The molecule has 0 radical (unpaired) electrons. The molecular weight excluding hydrogens is 395 g/mol. The zero-order valence-electron chi connectivity index (χ0n) is 14.6. The fraction of sp³-hybridized carbons (Fsp3) is 0.222. The zero-order chi connectivity index (χ0) is 20.1. The van der Waals surface area contributed by atoms with Gasteiger partial charge in [-0.2, -0.15) is 0 Å². The molecule has 28 heavy (non-hydrogen) atoms. The summed E-state index contributed by atoms with van der Waals surface area (Å²) in [5.41, 5.74) is 1.30. The van der Waals surface area contributed by atoms with Gasteiger partial charge in [0.25, 0.3) is 0 Å². The van der Waals surface area contributed by atoms with Crippen LogP contribution in [-0.2, 0) is 0 Å². The van der Waals surface area contributed by atoms with E-state index < -0.39 is 12.5 Å². The number of benzene rings is 2. The highest BCUT2D eigenvalue weighted by atomic mass is 32.2. The van der Waals surface area contributed by atoms with Crippen LogP contribution in [0, 0.1) is 0 Å². The van der Waals surface area contributed by atoms with E-state index in [1.54, 1.807) is 19.2 Å². The molecule has 0 fully saturated rings. The summed E-state index contributed by atoms with van der Waals surface area (Å²) in [7, 11) is 1.58. The summed E-state index contributed by atoms with van der Waals surface area (Å²) < 4.78 is 45.4. The highest BCUT2D eigenvalue weighted by Gasteiger charge is 2.31. The topological polar surface area (TPSA) is 80.3 Å². The highest BCUT2D eigenvalue weighted by molar-refractivity contribution is 7.99. The van der Waals surface area contributed by atoms with Gasteiger partial charge < -0.3 is 14.6 Å². The van der Waals surface area contributed by atoms with E-state index in [9.17, 15) is 18.3 Å². The maximum absolute atomic E-state index is 12.2. The number of ether oxygens (including phenoxy) is 2. The lowest BCUT2D eigenvalue weighted by atomic mass is 10.1. The Morgan fingerprint density at radius 2 is 1.71 bits per heavy atom. The van der Waals surface area contributed by atoms with Crippen molar-refractivity contribution in [3.8, 4) is 22.9 Å². The number of thioether (sulfide) groups is 1. The zero-order valence-corrected chi connectivity index (χ0v) is 15.4. The number of H-pyrrole nitrogens is 1. The minimum Gasteiger partial charge on any atom is -0.497 e. The molecule has 2 N–H and O–H groups in total. The molecular formula is C18H16F3N3O3S. The third-order valence-corrected chi connectivity index (χ3v) is 4.62. The molecule has 0 bridgehead atoms. The molecule has 0 saturated carbocycles. The fourth-order valence-electron chi connectivity index (χ4n) is 2.33. The minimum absolute atomic E-state index is 0.235. The summed E-state index contributed by atoms with van der Waals surface area (Å²) in [6, 6.07) is 12.4. The molecule has 0 spiro atoms. The summed E-state index contributed by atoms with van der Waals surface area (Å²) in [6.45, 7) is 0. The first-order valence-corrected chi connectivity index (χ1v) is 9.06. The lowest BCUT2D eigenvalue weighted by Gasteiger charge is -2.12. The van der Waals surface area contributed by atoms with Crippen molar-refractivity contribution in [2.75, 3.05) is 12.9 Å². The van der Waals surface area contributed by atoms with Gasteiger partial charge in [0.1, 0.15) is 11.5 Å². The number of nitrogens with zero attached hydrogens (tertiary/aromatic N) is 2. The van der Waals surface area contributed by atoms with Crippen LogP contribution in [0.5, 0.6) is 11.5 Å². The van der Waals surface area contributed by atoms with Gasteiger partial charge in [0, 0.05) is 11.3 Å². The average Bonchev–Trinajstić information content (AvgIpc) is 3.14. The second-order valence-corrected chi connectivity index (χ2v) is 6.63. The Kier molecular flexibility index (Phi) is 6.10. The monoisotopic (exact) mass is 411 g/mol. The van der Waals surface area contributed by atoms with Crippen molar-refractivity contribution in [1.82, 2.24) is 15.2 Å². The minimum atomic E-state index is -4.75. The van der Waals surface area contributed by atoms with E-state index >= 15 is 0 Å². The largest absolute Gasteiger partial charge is 0.573 e. The number of halogens is 3. The molecule has 0 aliphatic heterocycles. The van der Waals surface area contributed by atoms with E-state index in [2.05, 4.69) is 19.9 Å². The standard InChI is InChI=1S/C18H16F3N3O3S/c1-26-13-6-4-12(5-7-13)16-22-17(24-23-16)28-10-15(25)11-2-8-14(9-3-11)27-18(19,20)21/h2-9,15,25H,10H2,1H3,(H,22,23,24). The molecule has 1 atom stereocenters. The predicted octanol–water partition coefficient (Wildman–Crippen LogP) is 4.20. The summed E-state index contributed by atoms with van der Waals surface area (Å²) in [5.74, 6) is 1.20. The maximum Gasteiger partial charge on any atom is 0.573 e. The molecule has 3 aromatic rings. The molecule has 6 nitrogen and oxygen atoms in total. The average molecular weight is 411 g/mol. The van der Waals surface area contributed by atoms with Gasteiger partial charge in [-0.25, -0.2) is 4.98 Å². The van der Waals surface area contributed by atoms with Crippen molar-refractivity contribution in [2.24, 2.45) is 0 Å². The van der Waals surface area contributed by atoms with Gasteiger partial charge in [0.15, 0.2) is 5.82 Å². The number of nitrogens with one attached hydrogen (secondary N) is 1. The molecule has 1 aromatic heterocycles. The Morgan fingerprint density at radius 1 is 1.07 bits per heavy atom. The summed E-state index contributed by atoms with van der Waals surface area (Å²) in [4.78, 5) is 4.36. The first-order chi connectivity index (χ1) is 13.3. The van der Waals surface area contributed by atoms with Crippen LogP contribution in [-0.4, -0.2) is 39.5 Å². The van der Waals surface area contributed by atoms with E-state index in [1.807, 2.05) is 12.1 Å². The number of aromatic amines is 1. The number of methoxy groups -OCH3 is 1. The van der Waals surface area contributed by atoms with Gasteiger partial charge in [-0.3, -0.25) is 5.10 Å². The maximum atomic E-state index is 12.2. The predicted molar refractivity (Wildman–Crippen MR) is 97.2 cm³/mol. The van der Waals surface area contributed by atoms with Crippen LogP contribution in [0.2, 0.25) is 0 Å². The van der Waals surface area contributed by atoms with Crippen molar-refractivity contribution < 1.29 is 27.8 Å². The van der Waals surface area contributed by atoms with E-state index in [1.165, 1.54) is 23.9 Å². The van der Waals surface area contributed by atoms with Crippen LogP contribution >= 0.6 is 11.8 Å². The number of rotatable bonds is 7. The summed E-state index contributed by atoms with van der Waals surface area (Å²) in [5, 5.41) is 17.6. The van der Waals surface area contributed by atoms with E-state index in [0.717, 1.165) is 23.4 Å². The van der Waals surface area contributed by atoms with Gasteiger partial charge in [-0.1, -0.05) is 23.9 Å². The Bertz CT molecular complexity index is 899. The quantitative estimate of drug-likeness (QED) is 0.567. The molecule has 1 unspecified atom stereocenters. The number of hydrogen-bond donors (Lipinski definition) is 2.